The standard InChI is InChI=1S/C21H23ClN2O4/c1-27-19-11-10-14(22)12-18(19)20(25)23-16-8-5-9-17(13-16)28-21(26)24-15-6-3-2-4-7-15/h2-4,6-7,10-12,16-17H,5,8-9,13H2,1H3,(H,23,25)(H,24,26)/t16-,17+/m0/s1. The van der Waals surface area contributed by atoms with Crippen LogP contribution in [0.2, 0.25) is 5.02 Å². The third-order valence-corrected chi connectivity index (χ3v) is 4.90. The third kappa shape index (κ3) is 5.39. The van der Waals surface area contributed by atoms with E-state index in [-0.39, 0.29) is 18.1 Å². The van der Waals surface area contributed by atoms with E-state index in [1.807, 2.05) is 18.2 Å². The van der Waals surface area contributed by atoms with E-state index in [2.05, 4.69) is 10.6 Å². The van der Waals surface area contributed by atoms with Gasteiger partial charge in [0.1, 0.15) is 11.9 Å². The fraction of sp³-hybridized carbons (Fsp3) is 0.333. The molecule has 0 bridgehead atoms. The Balaban J connectivity index is 1.55. The molecule has 2 aromatic carbocycles. The first kappa shape index (κ1) is 20.0. The minimum absolute atomic E-state index is 0.0838. The van der Waals surface area contributed by atoms with E-state index in [1.165, 1.54) is 7.11 Å². The van der Waals surface area contributed by atoms with Crippen LogP contribution >= 0.6 is 11.6 Å². The number of ether oxygens (including phenoxy) is 2. The summed E-state index contributed by atoms with van der Waals surface area (Å²) in [5.41, 5.74) is 1.07. The van der Waals surface area contributed by atoms with Crippen molar-refractivity contribution in [3.8, 4) is 5.75 Å². The van der Waals surface area contributed by atoms with E-state index in [0.717, 1.165) is 19.3 Å². The second-order valence-corrected chi connectivity index (χ2v) is 7.14. The summed E-state index contributed by atoms with van der Waals surface area (Å²) < 4.78 is 10.8. The van der Waals surface area contributed by atoms with Gasteiger partial charge in [0.05, 0.1) is 12.7 Å². The van der Waals surface area contributed by atoms with Gasteiger partial charge < -0.3 is 14.8 Å². The van der Waals surface area contributed by atoms with Crippen LogP contribution in [0.5, 0.6) is 5.75 Å². The minimum Gasteiger partial charge on any atom is -0.496 e. The summed E-state index contributed by atoms with van der Waals surface area (Å²) in [5, 5.41) is 6.18. The minimum atomic E-state index is -0.486. The topological polar surface area (TPSA) is 76.7 Å². The number of amides is 2. The molecular weight excluding hydrogens is 380 g/mol. The number of benzene rings is 2. The zero-order valence-corrected chi connectivity index (χ0v) is 16.4. The van der Waals surface area contributed by atoms with Crippen molar-refractivity contribution >= 4 is 29.3 Å². The number of nitrogens with one attached hydrogen (secondary N) is 2. The van der Waals surface area contributed by atoms with Gasteiger partial charge in [-0.15, -0.1) is 0 Å². The quantitative estimate of drug-likeness (QED) is 0.763. The molecule has 1 aliphatic carbocycles. The molecule has 28 heavy (non-hydrogen) atoms. The summed E-state index contributed by atoms with van der Waals surface area (Å²) in [6.07, 6.45) is 2.30. The highest BCUT2D eigenvalue weighted by Gasteiger charge is 2.27. The lowest BCUT2D eigenvalue weighted by molar-refractivity contribution is 0.0712. The van der Waals surface area contributed by atoms with Gasteiger partial charge in [-0.1, -0.05) is 29.8 Å². The molecule has 0 spiro atoms. The van der Waals surface area contributed by atoms with Crippen LogP contribution in [0.4, 0.5) is 10.5 Å². The Hall–Kier alpha value is -2.73. The zero-order valence-electron chi connectivity index (χ0n) is 15.6. The van der Waals surface area contributed by atoms with Gasteiger partial charge in [-0.2, -0.15) is 0 Å². The van der Waals surface area contributed by atoms with E-state index in [0.29, 0.717) is 28.4 Å². The lowest BCUT2D eigenvalue weighted by atomic mass is 9.92. The summed E-state index contributed by atoms with van der Waals surface area (Å²) in [4.78, 5) is 24.7. The molecule has 0 unspecified atom stereocenters. The van der Waals surface area contributed by atoms with Gasteiger partial charge in [-0.05, 0) is 49.6 Å². The van der Waals surface area contributed by atoms with Crippen molar-refractivity contribution in [2.75, 3.05) is 12.4 Å². The molecule has 7 heteroatoms. The maximum Gasteiger partial charge on any atom is 0.411 e. The number of carbonyl (C=O) groups is 2. The SMILES string of the molecule is COc1ccc(Cl)cc1C(=O)N[C@H]1CCC[C@@H](OC(=O)Nc2ccccc2)C1. The fourth-order valence-electron chi connectivity index (χ4n) is 3.32. The summed E-state index contributed by atoms with van der Waals surface area (Å²) in [7, 11) is 1.51. The predicted octanol–water partition coefficient (Wildman–Crippen LogP) is 4.64. The third-order valence-electron chi connectivity index (χ3n) is 4.66. The van der Waals surface area contributed by atoms with Crippen LogP contribution in [0, 0.1) is 0 Å². The van der Waals surface area contributed by atoms with E-state index in [1.54, 1.807) is 30.3 Å². The van der Waals surface area contributed by atoms with Crippen LogP contribution < -0.4 is 15.4 Å². The number of hydrogen-bond acceptors (Lipinski definition) is 4. The van der Waals surface area contributed by atoms with E-state index < -0.39 is 6.09 Å². The Kier molecular flexibility index (Phi) is 6.76. The van der Waals surface area contributed by atoms with Gasteiger partial charge in [0.2, 0.25) is 0 Å². The largest absolute Gasteiger partial charge is 0.496 e. The van der Waals surface area contributed by atoms with Crippen LogP contribution in [-0.4, -0.2) is 31.3 Å². The lowest BCUT2D eigenvalue weighted by Gasteiger charge is -2.29. The predicted molar refractivity (Wildman–Crippen MR) is 108 cm³/mol. The van der Waals surface area contributed by atoms with Gasteiger partial charge in [0.15, 0.2) is 0 Å². The molecule has 0 radical (unpaired) electrons. The molecule has 2 amide bonds. The first-order valence-electron chi connectivity index (χ1n) is 9.22. The van der Waals surface area contributed by atoms with Gasteiger partial charge in [0, 0.05) is 23.2 Å². The first-order valence-corrected chi connectivity index (χ1v) is 9.60. The highest BCUT2D eigenvalue weighted by molar-refractivity contribution is 6.31. The fourth-order valence-corrected chi connectivity index (χ4v) is 3.50. The van der Waals surface area contributed by atoms with Crippen LogP contribution in [0.3, 0.4) is 0 Å². The number of carbonyl (C=O) groups excluding carboxylic acids is 2. The smallest absolute Gasteiger partial charge is 0.411 e. The van der Waals surface area contributed by atoms with E-state index in [4.69, 9.17) is 21.1 Å². The molecule has 0 saturated heterocycles. The number of anilines is 1. The van der Waals surface area contributed by atoms with Crippen molar-refractivity contribution in [2.45, 2.75) is 37.8 Å². The van der Waals surface area contributed by atoms with Crippen molar-refractivity contribution in [3.05, 3.63) is 59.1 Å². The Labute approximate surface area is 169 Å². The highest BCUT2D eigenvalue weighted by Crippen LogP contribution is 2.25. The van der Waals surface area contributed by atoms with Crippen molar-refractivity contribution in [2.24, 2.45) is 0 Å². The van der Waals surface area contributed by atoms with Crippen LogP contribution in [-0.2, 0) is 4.74 Å². The molecular formula is C21H23ClN2O4. The van der Waals surface area contributed by atoms with Crippen molar-refractivity contribution in [3.63, 3.8) is 0 Å². The average molecular weight is 403 g/mol. The monoisotopic (exact) mass is 402 g/mol. The molecule has 2 atom stereocenters. The summed E-state index contributed by atoms with van der Waals surface area (Å²) in [6.45, 7) is 0. The molecule has 2 aromatic rings. The molecule has 0 aromatic heterocycles. The normalized spacial score (nSPS) is 18.8. The van der Waals surface area contributed by atoms with Gasteiger partial charge in [0.25, 0.3) is 5.91 Å². The molecule has 2 N–H and O–H groups in total. The van der Waals surface area contributed by atoms with E-state index in [9.17, 15) is 9.59 Å². The molecule has 1 saturated carbocycles. The maximum absolute atomic E-state index is 12.6. The zero-order chi connectivity index (χ0) is 19.9. The highest BCUT2D eigenvalue weighted by atomic mass is 35.5. The molecule has 6 nitrogen and oxygen atoms in total. The Morgan fingerprint density at radius 1 is 1.11 bits per heavy atom. The molecule has 3 rings (SSSR count). The number of methoxy groups -OCH3 is 1. The molecule has 1 fully saturated rings. The van der Waals surface area contributed by atoms with Crippen LogP contribution in [0.25, 0.3) is 0 Å². The second-order valence-electron chi connectivity index (χ2n) is 6.70. The molecule has 1 aliphatic rings. The number of halogens is 1. The Morgan fingerprint density at radius 3 is 2.64 bits per heavy atom. The Bertz CT molecular complexity index is 828. The lowest BCUT2D eigenvalue weighted by Crippen LogP contribution is -2.41. The maximum atomic E-state index is 12.6. The first-order chi connectivity index (χ1) is 13.5. The summed E-state index contributed by atoms with van der Waals surface area (Å²) >= 11 is 6.01. The van der Waals surface area contributed by atoms with Gasteiger partial charge in [-0.25, -0.2) is 4.79 Å². The van der Waals surface area contributed by atoms with Gasteiger partial charge in [-0.3, -0.25) is 10.1 Å². The number of rotatable bonds is 5. The van der Waals surface area contributed by atoms with Crippen LogP contribution in [0.15, 0.2) is 48.5 Å². The molecule has 0 heterocycles. The summed E-state index contributed by atoms with van der Waals surface area (Å²) in [6, 6.07) is 14.0. The second kappa shape index (κ2) is 9.46. The average Bonchev–Trinajstić information content (AvgIpc) is 2.69. The molecule has 148 valence electrons. The Morgan fingerprint density at radius 2 is 1.89 bits per heavy atom. The number of hydrogen-bond donors (Lipinski definition) is 2. The van der Waals surface area contributed by atoms with Gasteiger partial charge >= 0.3 is 6.09 Å². The van der Waals surface area contributed by atoms with E-state index >= 15 is 0 Å². The van der Waals surface area contributed by atoms with Crippen molar-refractivity contribution < 1.29 is 19.1 Å². The summed E-state index contributed by atoms with van der Waals surface area (Å²) in [5.74, 6) is 0.214. The van der Waals surface area contributed by atoms with Crippen LogP contribution in [0.1, 0.15) is 36.0 Å². The molecule has 0 aliphatic heterocycles. The number of para-hydroxylation sites is 1. The van der Waals surface area contributed by atoms with Crippen molar-refractivity contribution in [1.82, 2.24) is 5.32 Å². The van der Waals surface area contributed by atoms with Crippen molar-refractivity contribution in [1.29, 1.82) is 0 Å².